The number of carbonyl (C=O) groups is 1. The van der Waals surface area contributed by atoms with Gasteiger partial charge in [0.1, 0.15) is 0 Å². The summed E-state index contributed by atoms with van der Waals surface area (Å²) in [6.45, 7) is 2.23. The molecule has 1 saturated heterocycles. The lowest BCUT2D eigenvalue weighted by atomic mass is 10.1. The highest BCUT2D eigenvalue weighted by molar-refractivity contribution is 8.04. The number of anilines is 1. The third-order valence-electron chi connectivity index (χ3n) is 4.25. The van der Waals surface area contributed by atoms with E-state index in [-0.39, 0.29) is 5.78 Å². The van der Waals surface area contributed by atoms with Gasteiger partial charge >= 0.3 is 0 Å². The first-order valence-corrected chi connectivity index (χ1v) is 8.52. The molecule has 4 rings (SSSR count). The van der Waals surface area contributed by atoms with E-state index < -0.39 is 0 Å². The van der Waals surface area contributed by atoms with Crippen LogP contribution in [0.3, 0.4) is 0 Å². The van der Waals surface area contributed by atoms with Crippen LogP contribution in [0.15, 0.2) is 58.3 Å². The molecule has 0 N–H and O–H groups in total. The zero-order valence-electron chi connectivity index (χ0n) is 12.3. The normalized spacial score (nSPS) is 19.0. The van der Waals surface area contributed by atoms with Gasteiger partial charge in [0.15, 0.2) is 0 Å². The summed E-state index contributed by atoms with van der Waals surface area (Å²) in [5, 5.41) is 0. The quantitative estimate of drug-likeness (QED) is 0.755. The van der Waals surface area contributed by atoms with Crippen molar-refractivity contribution in [3.05, 3.63) is 64.6 Å². The van der Waals surface area contributed by atoms with Gasteiger partial charge in [0.2, 0.25) is 5.78 Å². The molecule has 1 fully saturated rings. The number of Topliss-reactive ketones (excluding diaryl/α,β-unsaturated/α-hetero) is 1. The number of thioether (sulfide) groups is 1. The summed E-state index contributed by atoms with van der Waals surface area (Å²) in [6, 6.07) is 16.2. The van der Waals surface area contributed by atoms with E-state index in [1.165, 1.54) is 18.5 Å². The first-order chi connectivity index (χ1) is 10.8. The summed E-state index contributed by atoms with van der Waals surface area (Å²) in [5.74, 6) is 0.150. The molecule has 0 radical (unpaired) electrons. The molecule has 2 aliphatic rings. The summed E-state index contributed by atoms with van der Waals surface area (Å²) < 4.78 is 0. The van der Waals surface area contributed by atoms with Crippen molar-refractivity contribution in [1.82, 2.24) is 0 Å². The second-order valence-electron chi connectivity index (χ2n) is 5.69. The Morgan fingerprint density at radius 3 is 2.50 bits per heavy atom. The van der Waals surface area contributed by atoms with Gasteiger partial charge in [-0.1, -0.05) is 42.1 Å². The number of nitrogens with zero attached hydrogens (tertiary/aromatic N) is 1. The van der Waals surface area contributed by atoms with Crippen LogP contribution in [0.25, 0.3) is 6.08 Å². The summed E-state index contributed by atoms with van der Waals surface area (Å²) in [6.07, 6.45) is 4.56. The highest BCUT2D eigenvalue weighted by Gasteiger charge is 2.25. The molecule has 2 heterocycles. The zero-order valence-corrected chi connectivity index (χ0v) is 13.1. The first-order valence-electron chi connectivity index (χ1n) is 7.70. The fourth-order valence-corrected chi connectivity index (χ4v) is 4.18. The number of para-hydroxylation sites is 1. The molecule has 2 aromatic rings. The highest BCUT2D eigenvalue weighted by atomic mass is 32.2. The van der Waals surface area contributed by atoms with Gasteiger partial charge in [-0.2, -0.15) is 0 Å². The molecule has 2 nitrogen and oxygen atoms in total. The molecule has 2 aliphatic heterocycles. The molecule has 22 heavy (non-hydrogen) atoms. The van der Waals surface area contributed by atoms with Gasteiger partial charge in [-0.25, -0.2) is 0 Å². The Bertz CT molecular complexity index is 760. The van der Waals surface area contributed by atoms with Gasteiger partial charge in [-0.3, -0.25) is 4.79 Å². The monoisotopic (exact) mass is 307 g/mol. The topological polar surface area (TPSA) is 20.3 Å². The Labute approximate surface area is 134 Å². The van der Waals surface area contributed by atoms with E-state index in [1.54, 1.807) is 11.8 Å². The zero-order chi connectivity index (χ0) is 14.9. The number of hydrogen-bond acceptors (Lipinski definition) is 3. The van der Waals surface area contributed by atoms with E-state index in [9.17, 15) is 4.79 Å². The van der Waals surface area contributed by atoms with Gasteiger partial charge in [-0.05, 0) is 42.7 Å². The van der Waals surface area contributed by atoms with Crippen molar-refractivity contribution in [2.24, 2.45) is 0 Å². The van der Waals surface area contributed by atoms with E-state index in [1.807, 2.05) is 30.3 Å². The number of rotatable bonds is 2. The molecule has 2 aromatic carbocycles. The SMILES string of the molecule is O=C1C(=Cc2ccccc2N2CCCC2)Sc2ccccc21. The van der Waals surface area contributed by atoms with E-state index in [0.717, 1.165) is 34.0 Å². The lowest BCUT2D eigenvalue weighted by molar-refractivity contribution is 0.104. The number of carbonyl (C=O) groups excluding carboxylic acids is 1. The summed E-state index contributed by atoms with van der Waals surface area (Å²) in [7, 11) is 0. The molecule has 0 aromatic heterocycles. The van der Waals surface area contributed by atoms with Crippen molar-refractivity contribution in [1.29, 1.82) is 0 Å². The third kappa shape index (κ3) is 2.35. The Morgan fingerprint density at radius 1 is 0.955 bits per heavy atom. The maximum Gasteiger partial charge on any atom is 0.200 e. The second-order valence-corrected chi connectivity index (χ2v) is 6.77. The maximum atomic E-state index is 12.5. The molecule has 3 heteroatoms. The average molecular weight is 307 g/mol. The van der Waals surface area contributed by atoms with Gasteiger partial charge < -0.3 is 4.90 Å². The number of allylic oxidation sites excluding steroid dienone is 1. The summed E-state index contributed by atoms with van der Waals surface area (Å²) in [4.78, 5) is 16.8. The Kier molecular flexibility index (Phi) is 3.51. The van der Waals surface area contributed by atoms with Crippen LogP contribution in [0.4, 0.5) is 5.69 Å². The fraction of sp³-hybridized carbons (Fsp3) is 0.211. The van der Waals surface area contributed by atoms with Crippen LogP contribution < -0.4 is 4.90 Å². The Hall–Kier alpha value is -2.00. The molecule has 110 valence electrons. The lowest BCUT2D eigenvalue weighted by Gasteiger charge is -2.20. The Balaban J connectivity index is 1.71. The standard InChI is InChI=1S/C19H17NOS/c21-19-15-8-2-4-10-17(15)22-18(19)13-14-7-1-3-9-16(14)20-11-5-6-12-20/h1-4,7-10,13H,5-6,11-12H2. The van der Waals surface area contributed by atoms with Crippen molar-refractivity contribution in [3.8, 4) is 0 Å². The molecule has 0 aliphatic carbocycles. The predicted molar refractivity (Wildman–Crippen MR) is 92.5 cm³/mol. The smallest absolute Gasteiger partial charge is 0.200 e. The van der Waals surface area contributed by atoms with Crippen LogP contribution in [-0.2, 0) is 0 Å². The number of benzene rings is 2. The van der Waals surface area contributed by atoms with E-state index in [0.29, 0.717) is 0 Å². The van der Waals surface area contributed by atoms with Gasteiger partial charge in [0.25, 0.3) is 0 Å². The van der Waals surface area contributed by atoms with Crippen LogP contribution in [0.5, 0.6) is 0 Å². The molecule has 0 saturated carbocycles. The molecule has 0 atom stereocenters. The minimum atomic E-state index is 0.150. The molecular weight excluding hydrogens is 290 g/mol. The second kappa shape index (κ2) is 5.65. The average Bonchev–Trinajstić information content (AvgIpc) is 3.18. The largest absolute Gasteiger partial charge is 0.371 e. The highest BCUT2D eigenvalue weighted by Crippen LogP contribution is 2.41. The van der Waals surface area contributed by atoms with Gasteiger partial charge in [0, 0.05) is 29.2 Å². The molecule has 0 unspecified atom stereocenters. The van der Waals surface area contributed by atoms with Crippen LogP contribution in [0.2, 0.25) is 0 Å². The predicted octanol–water partition coefficient (Wildman–Crippen LogP) is 4.62. The van der Waals surface area contributed by atoms with Crippen molar-refractivity contribution >= 4 is 29.3 Å². The maximum absolute atomic E-state index is 12.5. The lowest BCUT2D eigenvalue weighted by Crippen LogP contribution is -2.18. The van der Waals surface area contributed by atoms with E-state index in [2.05, 4.69) is 29.2 Å². The van der Waals surface area contributed by atoms with E-state index >= 15 is 0 Å². The number of ketones is 1. The van der Waals surface area contributed by atoms with Crippen LogP contribution in [0.1, 0.15) is 28.8 Å². The molecule has 0 amide bonds. The van der Waals surface area contributed by atoms with Crippen LogP contribution in [-0.4, -0.2) is 18.9 Å². The summed E-state index contributed by atoms with van der Waals surface area (Å²) >= 11 is 1.58. The van der Waals surface area contributed by atoms with Crippen molar-refractivity contribution in [2.45, 2.75) is 17.7 Å². The Morgan fingerprint density at radius 2 is 1.68 bits per heavy atom. The minimum absolute atomic E-state index is 0.150. The fourth-order valence-electron chi connectivity index (χ4n) is 3.13. The van der Waals surface area contributed by atoms with Crippen molar-refractivity contribution in [3.63, 3.8) is 0 Å². The van der Waals surface area contributed by atoms with E-state index in [4.69, 9.17) is 0 Å². The van der Waals surface area contributed by atoms with Crippen LogP contribution >= 0.6 is 11.8 Å². The van der Waals surface area contributed by atoms with Gasteiger partial charge in [0.05, 0.1) is 4.91 Å². The van der Waals surface area contributed by atoms with Crippen molar-refractivity contribution in [2.75, 3.05) is 18.0 Å². The van der Waals surface area contributed by atoms with Gasteiger partial charge in [-0.15, -0.1) is 0 Å². The number of hydrogen-bond donors (Lipinski definition) is 0. The molecule has 0 bridgehead atoms. The summed E-state index contributed by atoms with van der Waals surface area (Å²) in [5.41, 5.74) is 3.22. The van der Waals surface area contributed by atoms with Crippen LogP contribution in [0, 0.1) is 0 Å². The van der Waals surface area contributed by atoms with Crippen molar-refractivity contribution < 1.29 is 4.79 Å². The number of fused-ring (bicyclic) bond motifs is 1. The first kappa shape index (κ1) is 13.6. The minimum Gasteiger partial charge on any atom is -0.371 e. The third-order valence-corrected chi connectivity index (χ3v) is 5.34. The molecular formula is C19H17NOS. The molecule has 0 spiro atoms.